The van der Waals surface area contributed by atoms with Gasteiger partial charge in [0.1, 0.15) is 17.7 Å². The molecule has 1 aromatic heterocycles. The smallest absolute Gasteiger partial charge is 0.123 e. The molecular formula is C15H7F2NS. The van der Waals surface area contributed by atoms with Crippen molar-refractivity contribution in [2.75, 3.05) is 0 Å². The molecule has 0 saturated heterocycles. The average molecular weight is 271 g/mol. The van der Waals surface area contributed by atoms with Crippen LogP contribution in [0, 0.1) is 23.0 Å². The topological polar surface area (TPSA) is 23.8 Å². The molecule has 0 aliphatic carbocycles. The zero-order valence-corrected chi connectivity index (χ0v) is 10.5. The van der Waals surface area contributed by atoms with Crippen molar-refractivity contribution in [2.45, 2.75) is 0 Å². The number of hydrogen-bond donors (Lipinski definition) is 0. The van der Waals surface area contributed by atoms with Crippen LogP contribution in [-0.2, 0) is 0 Å². The summed E-state index contributed by atoms with van der Waals surface area (Å²) in [5, 5.41) is 9.88. The van der Waals surface area contributed by atoms with Crippen LogP contribution >= 0.6 is 11.3 Å². The van der Waals surface area contributed by atoms with Crippen LogP contribution in [0.3, 0.4) is 0 Å². The van der Waals surface area contributed by atoms with Gasteiger partial charge in [-0.1, -0.05) is 12.1 Å². The molecule has 19 heavy (non-hydrogen) atoms. The summed E-state index contributed by atoms with van der Waals surface area (Å²) in [6, 6.07) is 12.4. The molecule has 0 saturated carbocycles. The predicted molar refractivity (Wildman–Crippen MR) is 71.9 cm³/mol. The molecule has 1 heterocycles. The van der Waals surface area contributed by atoms with Crippen LogP contribution in [0.25, 0.3) is 20.5 Å². The van der Waals surface area contributed by atoms with Gasteiger partial charge in [-0.25, -0.2) is 8.78 Å². The van der Waals surface area contributed by atoms with Crippen molar-refractivity contribution in [2.24, 2.45) is 0 Å². The standard InChI is InChI=1S/C15H7F2NS/c16-10-3-1-9(2-4-10)15-13(8-18)12-7-11(17)5-6-14(12)19-15/h1-7H. The second-order valence-corrected chi connectivity index (χ2v) is 5.12. The molecular weight excluding hydrogens is 264 g/mol. The van der Waals surface area contributed by atoms with Crippen molar-refractivity contribution < 1.29 is 8.78 Å². The lowest BCUT2D eigenvalue weighted by Gasteiger charge is -1.97. The largest absolute Gasteiger partial charge is 0.207 e. The fourth-order valence-corrected chi connectivity index (χ4v) is 3.12. The van der Waals surface area contributed by atoms with E-state index in [1.54, 1.807) is 18.2 Å². The average Bonchev–Trinajstić information content (AvgIpc) is 2.77. The summed E-state index contributed by atoms with van der Waals surface area (Å²) in [7, 11) is 0. The number of benzene rings is 2. The number of halogens is 2. The van der Waals surface area contributed by atoms with Gasteiger partial charge < -0.3 is 0 Å². The van der Waals surface area contributed by atoms with Crippen molar-refractivity contribution in [3.05, 3.63) is 59.7 Å². The molecule has 0 radical (unpaired) electrons. The highest BCUT2D eigenvalue weighted by Gasteiger charge is 2.14. The number of nitrogens with zero attached hydrogens (tertiary/aromatic N) is 1. The molecule has 1 nitrogen and oxygen atoms in total. The van der Waals surface area contributed by atoms with Crippen molar-refractivity contribution in [3.63, 3.8) is 0 Å². The number of thiophene rings is 1. The van der Waals surface area contributed by atoms with Gasteiger partial charge in [0.15, 0.2) is 0 Å². The molecule has 0 aliphatic heterocycles. The van der Waals surface area contributed by atoms with E-state index in [0.717, 1.165) is 15.1 Å². The number of rotatable bonds is 1. The molecule has 0 N–H and O–H groups in total. The van der Waals surface area contributed by atoms with Crippen molar-refractivity contribution >= 4 is 21.4 Å². The Bertz CT molecular complexity index is 797. The van der Waals surface area contributed by atoms with Crippen LogP contribution in [0.15, 0.2) is 42.5 Å². The second kappa shape index (κ2) is 4.45. The number of fused-ring (bicyclic) bond motifs is 1. The van der Waals surface area contributed by atoms with Crippen molar-refractivity contribution in [1.29, 1.82) is 5.26 Å². The van der Waals surface area contributed by atoms with Gasteiger partial charge in [-0.2, -0.15) is 5.26 Å². The number of nitriles is 1. The highest BCUT2D eigenvalue weighted by atomic mass is 32.1. The molecule has 4 heteroatoms. The van der Waals surface area contributed by atoms with Crippen LogP contribution in [0.2, 0.25) is 0 Å². The Morgan fingerprint density at radius 1 is 0.947 bits per heavy atom. The third kappa shape index (κ3) is 1.98. The fraction of sp³-hybridized carbons (Fsp3) is 0. The van der Waals surface area contributed by atoms with E-state index >= 15 is 0 Å². The van der Waals surface area contributed by atoms with Crippen molar-refractivity contribution in [3.8, 4) is 16.5 Å². The third-order valence-electron chi connectivity index (χ3n) is 2.87. The van der Waals surface area contributed by atoms with Gasteiger partial charge in [0.25, 0.3) is 0 Å². The highest BCUT2D eigenvalue weighted by Crippen LogP contribution is 2.38. The molecule has 0 aliphatic rings. The first-order valence-corrected chi connectivity index (χ1v) is 6.39. The van der Waals surface area contributed by atoms with E-state index in [-0.39, 0.29) is 11.6 Å². The Kier molecular flexibility index (Phi) is 2.77. The molecule has 0 spiro atoms. The first-order valence-electron chi connectivity index (χ1n) is 5.57. The second-order valence-electron chi connectivity index (χ2n) is 4.07. The molecule has 0 atom stereocenters. The highest BCUT2D eigenvalue weighted by molar-refractivity contribution is 7.22. The quantitative estimate of drug-likeness (QED) is 0.628. The lowest BCUT2D eigenvalue weighted by molar-refractivity contribution is 0.628. The zero-order valence-electron chi connectivity index (χ0n) is 9.65. The molecule has 0 unspecified atom stereocenters. The maximum Gasteiger partial charge on any atom is 0.123 e. The van der Waals surface area contributed by atoms with Crippen LogP contribution in [0.5, 0.6) is 0 Å². The van der Waals surface area contributed by atoms with E-state index in [1.165, 1.54) is 35.6 Å². The Morgan fingerprint density at radius 2 is 1.63 bits per heavy atom. The minimum atomic E-state index is -0.368. The molecule has 3 aromatic rings. The third-order valence-corrected chi connectivity index (χ3v) is 4.09. The minimum Gasteiger partial charge on any atom is -0.207 e. The zero-order chi connectivity index (χ0) is 13.4. The SMILES string of the molecule is N#Cc1c(-c2ccc(F)cc2)sc2ccc(F)cc12. The van der Waals surface area contributed by atoms with E-state index in [1.807, 2.05) is 0 Å². The minimum absolute atomic E-state index is 0.325. The van der Waals surface area contributed by atoms with Crippen LogP contribution < -0.4 is 0 Å². The Morgan fingerprint density at radius 3 is 2.32 bits per heavy atom. The normalized spacial score (nSPS) is 10.6. The van der Waals surface area contributed by atoms with Gasteiger partial charge in [0, 0.05) is 10.1 Å². The van der Waals surface area contributed by atoms with Gasteiger partial charge in [-0.3, -0.25) is 0 Å². The predicted octanol–water partition coefficient (Wildman–Crippen LogP) is 4.72. The van der Waals surface area contributed by atoms with Crippen LogP contribution in [0.1, 0.15) is 5.56 Å². The summed E-state index contributed by atoms with van der Waals surface area (Å²) in [6.45, 7) is 0. The van der Waals surface area contributed by atoms with E-state index in [4.69, 9.17) is 0 Å². The van der Waals surface area contributed by atoms with Crippen LogP contribution in [-0.4, -0.2) is 0 Å². The maximum absolute atomic E-state index is 13.3. The van der Waals surface area contributed by atoms with E-state index in [9.17, 15) is 14.0 Å². The molecule has 3 rings (SSSR count). The summed E-state index contributed by atoms with van der Waals surface area (Å²) >= 11 is 1.40. The van der Waals surface area contributed by atoms with E-state index in [2.05, 4.69) is 6.07 Å². The fourth-order valence-electron chi connectivity index (χ4n) is 1.99. The summed E-state index contributed by atoms with van der Waals surface area (Å²) in [5.41, 5.74) is 1.20. The Hall–Kier alpha value is -2.25. The molecule has 0 fully saturated rings. The van der Waals surface area contributed by atoms with Gasteiger partial charge in [-0.05, 0) is 35.9 Å². The van der Waals surface area contributed by atoms with Crippen LogP contribution in [0.4, 0.5) is 8.78 Å². The van der Waals surface area contributed by atoms with E-state index in [0.29, 0.717) is 10.9 Å². The van der Waals surface area contributed by atoms with Gasteiger partial charge in [0.2, 0.25) is 0 Å². The lowest BCUT2D eigenvalue weighted by Crippen LogP contribution is -1.80. The molecule has 0 amide bonds. The van der Waals surface area contributed by atoms with Gasteiger partial charge in [0.05, 0.1) is 10.4 Å². The van der Waals surface area contributed by atoms with Gasteiger partial charge >= 0.3 is 0 Å². The summed E-state index contributed by atoms with van der Waals surface area (Å²) in [5.74, 6) is -0.693. The molecule has 2 aromatic carbocycles. The summed E-state index contributed by atoms with van der Waals surface area (Å²) in [6.07, 6.45) is 0. The lowest BCUT2D eigenvalue weighted by atomic mass is 10.1. The summed E-state index contributed by atoms with van der Waals surface area (Å²) < 4.78 is 27.0. The molecule has 0 bridgehead atoms. The molecule has 92 valence electrons. The van der Waals surface area contributed by atoms with E-state index < -0.39 is 0 Å². The first kappa shape index (κ1) is 11.8. The number of hydrogen-bond acceptors (Lipinski definition) is 2. The first-order chi connectivity index (χ1) is 9.19. The van der Waals surface area contributed by atoms with Crippen molar-refractivity contribution in [1.82, 2.24) is 0 Å². The monoisotopic (exact) mass is 271 g/mol. The summed E-state index contributed by atoms with van der Waals surface area (Å²) in [4.78, 5) is 0.739. The maximum atomic E-state index is 13.3. The van der Waals surface area contributed by atoms with Gasteiger partial charge in [-0.15, -0.1) is 11.3 Å². The Labute approximate surface area is 112 Å². The Balaban J connectivity index is 2.29.